The maximum atomic E-state index is 12.7. The van der Waals surface area contributed by atoms with E-state index < -0.39 is 11.9 Å². The molecule has 1 aromatic carbocycles. The van der Waals surface area contributed by atoms with Gasteiger partial charge < -0.3 is 20.0 Å². The van der Waals surface area contributed by atoms with Crippen molar-refractivity contribution in [1.82, 2.24) is 9.80 Å². The fourth-order valence-electron chi connectivity index (χ4n) is 4.04. The summed E-state index contributed by atoms with van der Waals surface area (Å²) in [6.07, 6.45) is 4.94. The fraction of sp³-hybridized carbons (Fsp3) is 0.500. The lowest BCUT2D eigenvalue weighted by atomic mass is 9.84. The highest BCUT2D eigenvalue weighted by atomic mass is 35.5. The van der Waals surface area contributed by atoms with Crippen molar-refractivity contribution in [3.05, 3.63) is 47.0 Å². The number of rotatable bonds is 6. The van der Waals surface area contributed by atoms with E-state index in [0.717, 1.165) is 31.7 Å². The predicted molar refractivity (Wildman–Crippen MR) is 115 cm³/mol. The van der Waals surface area contributed by atoms with Crippen LogP contribution in [0.25, 0.3) is 0 Å². The summed E-state index contributed by atoms with van der Waals surface area (Å²) in [6.45, 7) is 7.58. The van der Waals surface area contributed by atoms with Gasteiger partial charge in [0.05, 0.1) is 0 Å². The van der Waals surface area contributed by atoms with Gasteiger partial charge in [0.1, 0.15) is 0 Å². The molecule has 164 valence electrons. The number of carboxylic acid groups (broad SMARTS) is 2. The van der Waals surface area contributed by atoms with E-state index in [1.165, 1.54) is 25.8 Å². The van der Waals surface area contributed by atoms with Crippen LogP contribution in [-0.4, -0.2) is 70.6 Å². The van der Waals surface area contributed by atoms with Gasteiger partial charge in [0, 0.05) is 48.9 Å². The number of likely N-dealkylation sites (tertiary alicyclic amines) is 2. The van der Waals surface area contributed by atoms with E-state index in [4.69, 9.17) is 21.8 Å². The Bertz CT molecular complexity index is 735. The Hall–Kier alpha value is -2.38. The Morgan fingerprint density at radius 3 is 2.00 bits per heavy atom. The van der Waals surface area contributed by atoms with Gasteiger partial charge in [-0.25, -0.2) is 9.59 Å². The summed E-state index contributed by atoms with van der Waals surface area (Å²) in [5.41, 5.74) is 0.757. The van der Waals surface area contributed by atoms with Gasteiger partial charge in [-0.15, -0.1) is 0 Å². The first kappa shape index (κ1) is 23.9. The van der Waals surface area contributed by atoms with E-state index in [9.17, 15) is 14.4 Å². The molecule has 0 saturated carbocycles. The molecule has 0 spiro atoms. The molecule has 2 aliphatic heterocycles. The molecule has 8 heteroatoms. The molecule has 7 nitrogen and oxygen atoms in total. The molecule has 2 unspecified atom stereocenters. The minimum atomic E-state index is -1.26. The molecular weight excluding hydrogens is 408 g/mol. The first-order valence-corrected chi connectivity index (χ1v) is 10.6. The number of carboxylic acids is 2. The van der Waals surface area contributed by atoms with Crippen LogP contribution < -0.4 is 0 Å². The zero-order valence-electron chi connectivity index (χ0n) is 17.2. The van der Waals surface area contributed by atoms with Crippen molar-refractivity contribution < 1.29 is 24.6 Å². The Balaban J connectivity index is 0.000000343. The van der Waals surface area contributed by atoms with Crippen molar-refractivity contribution in [2.75, 3.05) is 32.7 Å². The topological polar surface area (TPSA) is 98.2 Å². The number of amides is 1. The van der Waals surface area contributed by atoms with Crippen molar-refractivity contribution in [1.29, 1.82) is 0 Å². The highest BCUT2D eigenvalue weighted by Crippen LogP contribution is 2.29. The van der Waals surface area contributed by atoms with Crippen LogP contribution in [0.4, 0.5) is 0 Å². The number of benzene rings is 1. The number of fused-ring (bicyclic) bond motifs is 2. The summed E-state index contributed by atoms with van der Waals surface area (Å²) in [7, 11) is 0. The van der Waals surface area contributed by atoms with Crippen LogP contribution in [0.2, 0.25) is 5.02 Å². The predicted octanol–water partition coefficient (Wildman–Crippen LogP) is 3.25. The lowest BCUT2D eigenvalue weighted by molar-refractivity contribution is -0.134. The molecule has 0 aromatic heterocycles. The van der Waals surface area contributed by atoms with E-state index in [0.29, 0.717) is 29.0 Å². The fourth-order valence-corrected chi connectivity index (χ4v) is 4.16. The zero-order valence-corrected chi connectivity index (χ0v) is 17.9. The molecular formula is C22H29ClN2O5. The average Bonchev–Trinajstić information content (AvgIpc) is 2.70. The number of carbonyl (C=O) groups is 3. The van der Waals surface area contributed by atoms with Gasteiger partial charge in [0.2, 0.25) is 0 Å². The molecule has 2 saturated heterocycles. The second-order valence-corrected chi connectivity index (χ2v) is 8.24. The Morgan fingerprint density at radius 2 is 1.53 bits per heavy atom. The van der Waals surface area contributed by atoms with Gasteiger partial charge in [0.25, 0.3) is 5.91 Å². The highest BCUT2D eigenvalue weighted by molar-refractivity contribution is 6.30. The normalized spacial score (nSPS) is 21.1. The molecule has 2 bridgehead atoms. The lowest BCUT2D eigenvalue weighted by Crippen LogP contribution is -2.54. The van der Waals surface area contributed by atoms with Crippen molar-refractivity contribution in [2.24, 2.45) is 11.8 Å². The largest absolute Gasteiger partial charge is 0.478 e. The number of nitrogens with zero attached hydrogens (tertiary/aromatic N) is 2. The van der Waals surface area contributed by atoms with Crippen molar-refractivity contribution >= 4 is 29.4 Å². The minimum Gasteiger partial charge on any atom is -0.478 e. The highest BCUT2D eigenvalue weighted by Gasteiger charge is 2.35. The quantitative estimate of drug-likeness (QED) is 0.664. The summed E-state index contributed by atoms with van der Waals surface area (Å²) in [6, 6.07) is 7.27. The van der Waals surface area contributed by atoms with E-state index in [1.54, 1.807) is 12.1 Å². The third-order valence-electron chi connectivity index (χ3n) is 5.23. The molecule has 30 heavy (non-hydrogen) atoms. The number of piperidine rings is 2. The summed E-state index contributed by atoms with van der Waals surface area (Å²) >= 11 is 5.91. The average molecular weight is 437 g/mol. The first-order chi connectivity index (χ1) is 14.3. The molecule has 2 N–H and O–H groups in total. The number of aliphatic carboxylic acids is 2. The van der Waals surface area contributed by atoms with Crippen LogP contribution in [0.1, 0.15) is 36.5 Å². The summed E-state index contributed by atoms with van der Waals surface area (Å²) in [4.78, 5) is 36.4. The Labute approximate surface area is 181 Å². The number of halogens is 1. The van der Waals surface area contributed by atoms with E-state index in [1.807, 2.05) is 12.1 Å². The molecule has 0 radical (unpaired) electrons. The molecule has 2 fully saturated rings. The van der Waals surface area contributed by atoms with Gasteiger partial charge >= 0.3 is 11.9 Å². The monoisotopic (exact) mass is 436 g/mol. The molecule has 1 amide bonds. The van der Waals surface area contributed by atoms with Crippen LogP contribution in [0.5, 0.6) is 0 Å². The molecule has 2 aliphatic rings. The van der Waals surface area contributed by atoms with Crippen LogP contribution >= 0.6 is 11.6 Å². The second kappa shape index (κ2) is 11.7. The first-order valence-electron chi connectivity index (χ1n) is 10.2. The van der Waals surface area contributed by atoms with E-state index in [-0.39, 0.29) is 5.91 Å². The number of hydrogen-bond donors (Lipinski definition) is 2. The zero-order chi connectivity index (χ0) is 22.1. The maximum Gasteiger partial charge on any atom is 0.328 e. The van der Waals surface area contributed by atoms with Crippen LogP contribution in [0.3, 0.4) is 0 Å². The molecule has 1 aromatic rings. The number of hydrogen-bond acceptors (Lipinski definition) is 4. The third kappa shape index (κ3) is 7.80. The summed E-state index contributed by atoms with van der Waals surface area (Å²) in [5.74, 6) is -1.07. The number of carbonyl (C=O) groups excluding carboxylic acids is 1. The van der Waals surface area contributed by atoms with Gasteiger partial charge in [-0.1, -0.05) is 24.9 Å². The van der Waals surface area contributed by atoms with Gasteiger partial charge in [0.15, 0.2) is 0 Å². The van der Waals surface area contributed by atoms with E-state index in [2.05, 4.69) is 16.7 Å². The summed E-state index contributed by atoms with van der Waals surface area (Å²) in [5, 5.41) is 16.3. The van der Waals surface area contributed by atoms with Gasteiger partial charge in [-0.05, 0) is 55.5 Å². The number of unbranched alkanes of at least 4 members (excludes halogenated alkanes) is 1. The molecule has 2 atom stereocenters. The Morgan fingerprint density at radius 1 is 1.00 bits per heavy atom. The molecule has 3 rings (SSSR count). The SMILES string of the molecule is CCCCN1CC2CC(C1)CN(C(=O)c1ccc(Cl)cc1)C2.O=C(O)/C=C/C(=O)O. The maximum absolute atomic E-state index is 12.7. The van der Waals surface area contributed by atoms with Gasteiger partial charge in [-0.2, -0.15) is 0 Å². The molecule has 0 aliphatic carbocycles. The third-order valence-corrected chi connectivity index (χ3v) is 5.48. The van der Waals surface area contributed by atoms with Crippen LogP contribution in [-0.2, 0) is 9.59 Å². The van der Waals surface area contributed by atoms with Crippen molar-refractivity contribution in [2.45, 2.75) is 26.2 Å². The molecule has 2 heterocycles. The minimum absolute atomic E-state index is 0.161. The smallest absolute Gasteiger partial charge is 0.328 e. The van der Waals surface area contributed by atoms with Crippen molar-refractivity contribution in [3.8, 4) is 0 Å². The lowest BCUT2D eigenvalue weighted by Gasteiger charge is -2.46. The van der Waals surface area contributed by atoms with E-state index >= 15 is 0 Å². The van der Waals surface area contributed by atoms with Gasteiger partial charge in [-0.3, -0.25) is 4.79 Å². The summed E-state index contributed by atoms with van der Waals surface area (Å²) < 4.78 is 0. The Kier molecular flexibility index (Phi) is 9.33. The van der Waals surface area contributed by atoms with Crippen LogP contribution in [0, 0.1) is 11.8 Å². The van der Waals surface area contributed by atoms with Crippen LogP contribution in [0.15, 0.2) is 36.4 Å². The van der Waals surface area contributed by atoms with Crippen molar-refractivity contribution in [3.63, 3.8) is 0 Å². The second-order valence-electron chi connectivity index (χ2n) is 7.81. The standard InChI is InChI=1S/C18H25ClN2O.C4H4O4/c1-2-3-8-20-10-14-9-15(11-20)13-21(12-14)18(22)16-4-6-17(19)7-5-16;5-3(6)1-2-4(7)8/h4-7,14-15H,2-3,8-13H2,1H3;1-2H,(H,5,6)(H,7,8)/b;2-1+.